The number of fused-ring (bicyclic) bond motifs is 1. The molecule has 3 aromatic carbocycles. The van der Waals surface area contributed by atoms with Crippen LogP contribution in [0.4, 0.5) is 5.69 Å². The van der Waals surface area contributed by atoms with E-state index in [1.807, 2.05) is 18.2 Å². The zero-order valence-electron chi connectivity index (χ0n) is 21.9. The molecule has 4 heteroatoms. The molecular formula is C31H37NO3. The SMILES string of the molecule is COCC(Oc1ccc2c(c1C(C)C)/C(=N/c1cc(C)c(OC)c(C)c1)CCC2)c1ccccc1. The van der Waals surface area contributed by atoms with Crippen molar-refractivity contribution in [2.45, 2.75) is 59.0 Å². The van der Waals surface area contributed by atoms with Gasteiger partial charge in [-0.3, -0.25) is 4.99 Å². The highest BCUT2D eigenvalue weighted by Crippen LogP contribution is 2.39. The molecule has 0 bridgehead atoms. The average molecular weight is 472 g/mol. The normalized spacial score (nSPS) is 15.2. The van der Waals surface area contributed by atoms with Crippen LogP contribution < -0.4 is 9.47 Å². The summed E-state index contributed by atoms with van der Waals surface area (Å²) in [5.74, 6) is 2.14. The number of benzene rings is 3. The van der Waals surface area contributed by atoms with Crippen molar-refractivity contribution in [1.29, 1.82) is 0 Å². The summed E-state index contributed by atoms with van der Waals surface area (Å²) in [6.45, 7) is 9.13. The summed E-state index contributed by atoms with van der Waals surface area (Å²) in [5.41, 5.74) is 9.30. The molecule has 184 valence electrons. The molecule has 0 aliphatic heterocycles. The molecule has 0 saturated carbocycles. The molecule has 0 aromatic heterocycles. The van der Waals surface area contributed by atoms with Gasteiger partial charge >= 0.3 is 0 Å². The van der Waals surface area contributed by atoms with E-state index in [2.05, 4.69) is 64.1 Å². The molecule has 1 atom stereocenters. The van der Waals surface area contributed by atoms with Crippen molar-refractivity contribution >= 4 is 11.4 Å². The molecule has 0 spiro atoms. The van der Waals surface area contributed by atoms with Gasteiger partial charge in [0, 0.05) is 23.9 Å². The number of rotatable bonds is 8. The molecule has 4 nitrogen and oxygen atoms in total. The van der Waals surface area contributed by atoms with Crippen LogP contribution in [0.1, 0.15) is 72.1 Å². The van der Waals surface area contributed by atoms with Gasteiger partial charge in [0.2, 0.25) is 0 Å². The Morgan fingerprint density at radius 3 is 2.26 bits per heavy atom. The molecule has 35 heavy (non-hydrogen) atoms. The van der Waals surface area contributed by atoms with Gasteiger partial charge in [0.05, 0.1) is 19.4 Å². The van der Waals surface area contributed by atoms with Crippen molar-refractivity contribution in [1.82, 2.24) is 0 Å². The number of hydrogen-bond donors (Lipinski definition) is 0. The van der Waals surface area contributed by atoms with Crippen molar-refractivity contribution in [3.63, 3.8) is 0 Å². The second-order valence-electron chi connectivity index (χ2n) is 9.66. The van der Waals surface area contributed by atoms with Crippen LogP contribution in [0.5, 0.6) is 11.5 Å². The number of aryl methyl sites for hydroxylation is 3. The van der Waals surface area contributed by atoms with Crippen LogP contribution in [0, 0.1) is 13.8 Å². The number of hydrogen-bond acceptors (Lipinski definition) is 4. The minimum Gasteiger partial charge on any atom is -0.496 e. The molecule has 1 unspecified atom stereocenters. The molecule has 0 N–H and O–H groups in total. The van der Waals surface area contributed by atoms with Crippen LogP contribution in [-0.4, -0.2) is 26.5 Å². The maximum atomic E-state index is 6.67. The van der Waals surface area contributed by atoms with Crippen LogP contribution >= 0.6 is 0 Å². The van der Waals surface area contributed by atoms with E-state index in [1.54, 1.807) is 14.2 Å². The van der Waals surface area contributed by atoms with Crippen molar-refractivity contribution in [2.24, 2.45) is 4.99 Å². The molecule has 0 saturated heterocycles. The van der Waals surface area contributed by atoms with Crippen LogP contribution in [-0.2, 0) is 11.2 Å². The lowest BCUT2D eigenvalue weighted by Gasteiger charge is -2.28. The first-order valence-corrected chi connectivity index (χ1v) is 12.5. The standard InChI is InChI=1S/C31H37NO3/c1-20(2)29-27(35-28(19-33-5)23-11-8-7-9-12-23)16-15-24-13-10-14-26(30(24)29)32-25-17-21(3)31(34-6)22(4)18-25/h7-9,11-12,15-18,20,28H,10,13-14,19H2,1-6H3/b32-26+. The molecule has 0 amide bonds. The Balaban J connectivity index is 1.80. The van der Waals surface area contributed by atoms with Crippen LogP contribution in [0.15, 0.2) is 59.6 Å². The second kappa shape index (κ2) is 11.1. The number of methoxy groups -OCH3 is 2. The van der Waals surface area contributed by atoms with Crippen LogP contribution in [0.3, 0.4) is 0 Å². The number of ether oxygens (including phenoxy) is 3. The molecular weight excluding hydrogens is 434 g/mol. The third-order valence-electron chi connectivity index (χ3n) is 6.69. The Morgan fingerprint density at radius 2 is 1.63 bits per heavy atom. The van der Waals surface area contributed by atoms with E-state index in [9.17, 15) is 0 Å². The first kappa shape index (κ1) is 25.0. The van der Waals surface area contributed by atoms with Gasteiger partial charge in [0.1, 0.15) is 17.6 Å². The smallest absolute Gasteiger partial charge is 0.147 e. The molecule has 1 aliphatic carbocycles. The van der Waals surface area contributed by atoms with Gasteiger partial charge in [-0.2, -0.15) is 0 Å². The summed E-state index contributed by atoms with van der Waals surface area (Å²) in [6, 6.07) is 18.9. The third-order valence-corrected chi connectivity index (χ3v) is 6.69. The topological polar surface area (TPSA) is 40.0 Å². The minimum atomic E-state index is -0.174. The molecule has 0 radical (unpaired) electrons. The van der Waals surface area contributed by atoms with Gasteiger partial charge in [0.15, 0.2) is 0 Å². The van der Waals surface area contributed by atoms with Gasteiger partial charge in [-0.25, -0.2) is 0 Å². The molecule has 4 rings (SSSR count). The number of nitrogens with zero attached hydrogens (tertiary/aromatic N) is 1. The van der Waals surface area contributed by atoms with E-state index in [0.29, 0.717) is 12.5 Å². The first-order chi connectivity index (χ1) is 16.9. The third kappa shape index (κ3) is 5.43. The predicted molar refractivity (Wildman–Crippen MR) is 144 cm³/mol. The van der Waals surface area contributed by atoms with E-state index < -0.39 is 0 Å². The highest BCUT2D eigenvalue weighted by Gasteiger charge is 2.26. The average Bonchev–Trinajstić information content (AvgIpc) is 2.84. The fraction of sp³-hybridized carbons (Fsp3) is 0.387. The Morgan fingerprint density at radius 1 is 0.914 bits per heavy atom. The van der Waals surface area contributed by atoms with Crippen molar-refractivity contribution in [2.75, 3.05) is 20.8 Å². The Hall–Kier alpha value is -3.11. The van der Waals surface area contributed by atoms with E-state index in [-0.39, 0.29) is 6.10 Å². The Kier molecular flexibility index (Phi) is 7.92. The van der Waals surface area contributed by atoms with Crippen LogP contribution in [0.25, 0.3) is 0 Å². The van der Waals surface area contributed by atoms with E-state index in [0.717, 1.165) is 58.9 Å². The van der Waals surface area contributed by atoms with Gasteiger partial charge in [-0.05, 0) is 79.5 Å². The summed E-state index contributed by atoms with van der Waals surface area (Å²) in [6.07, 6.45) is 2.96. The fourth-order valence-corrected chi connectivity index (χ4v) is 5.19. The molecule has 1 aliphatic rings. The van der Waals surface area contributed by atoms with Crippen molar-refractivity contribution in [3.05, 3.63) is 88.0 Å². The zero-order valence-corrected chi connectivity index (χ0v) is 21.9. The lowest BCUT2D eigenvalue weighted by atomic mass is 9.82. The summed E-state index contributed by atoms with van der Waals surface area (Å²) in [4.78, 5) is 5.20. The Bertz CT molecular complexity index is 1170. The molecule has 3 aromatic rings. The summed E-state index contributed by atoms with van der Waals surface area (Å²) >= 11 is 0. The van der Waals surface area contributed by atoms with Crippen molar-refractivity contribution < 1.29 is 14.2 Å². The second-order valence-corrected chi connectivity index (χ2v) is 9.66. The highest BCUT2D eigenvalue weighted by molar-refractivity contribution is 6.06. The summed E-state index contributed by atoms with van der Waals surface area (Å²) in [7, 11) is 3.44. The van der Waals surface area contributed by atoms with Crippen LogP contribution in [0.2, 0.25) is 0 Å². The highest BCUT2D eigenvalue weighted by atomic mass is 16.5. The predicted octanol–water partition coefficient (Wildman–Crippen LogP) is 7.66. The van der Waals surface area contributed by atoms with Gasteiger partial charge in [0.25, 0.3) is 0 Å². The van der Waals surface area contributed by atoms with Crippen molar-refractivity contribution in [3.8, 4) is 11.5 Å². The van der Waals surface area contributed by atoms with E-state index in [4.69, 9.17) is 19.2 Å². The lowest BCUT2D eigenvalue weighted by molar-refractivity contribution is 0.0801. The fourth-order valence-electron chi connectivity index (χ4n) is 5.19. The Labute approximate surface area is 210 Å². The first-order valence-electron chi connectivity index (χ1n) is 12.5. The number of aliphatic imine (C=N–C) groups is 1. The largest absolute Gasteiger partial charge is 0.496 e. The quantitative estimate of drug-likeness (QED) is 0.339. The van der Waals surface area contributed by atoms with E-state index in [1.165, 1.54) is 16.7 Å². The minimum absolute atomic E-state index is 0.174. The summed E-state index contributed by atoms with van der Waals surface area (Å²) < 4.78 is 17.8. The van der Waals surface area contributed by atoms with Gasteiger partial charge in [-0.15, -0.1) is 0 Å². The summed E-state index contributed by atoms with van der Waals surface area (Å²) in [5, 5.41) is 0. The molecule has 0 heterocycles. The monoisotopic (exact) mass is 471 g/mol. The van der Waals surface area contributed by atoms with Gasteiger partial charge in [-0.1, -0.05) is 50.2 Å². The zero-order chi connectivity index (χ0) is 24.9. The molecule has 0 fully saturated rings. The van der Waals surface area contributed by atoms with Gasteiger partial charge < -0.3 is 14.2 Å². The maximum Gasteiger partial charge on any atom is 0.147 e. The maximum absolute atomic E-state index is 6.67. The lowest BCUT2D eigenvalue weighted by Crippen LogP contribution is -2.19. The van der Waals surface area contributed by atoms with E-state index >= 15 is 0 Å².